The van der Waals surface area contributed by atoms with E-state index >= 15 is 0 Å². The molecule has 0 atom stereocenters. The van der Waals surface area contributed by atoms with Gasteiger partial charge in [-0.15, -0.1) is 11.3 Å². The Labute approximate surface area is 304 Å². The van der Waals surface area contributed by atoms with Crippen LogP contribution >= 0.6 is 11.3 Å². The van der Waals surface area contributed by atoms with Gasteiger partial charge < -0.3 is 9.88 Å². The summed E-state index contributed by atoms with van der Waals surface area (Å²) >= 11 is 1.86. The van der Waals surface area contributed by atoms with Gasteiger partial charge in [-0.1, -0.05) is 97.1 Å². The molecule has 0 aliphatic carbocycles. The number of fused-ring (bicyclic) bond motifs is 5. The van der Waals surface area contributed by atoms with E-state index in [-0.39, 0.29) is 0 Å². The maximum Gasteiger partial charge on any atom is 0.164 e. The molecular weight excluding hydrogens is 657 g/mol. The van der Waals surface area contributed by atoms with E-state index in [1.807, 2.05) is 29.7 Å². The number of hydrogen-bond donors (Lipinski definition) is 1. The Hall–Kier alpha value is -6.70. The van der Waals surface area contributed by atoms with Crippen molar-refractivity contribution in [3.8, 4) is 50.3 Å². The first-order valence-corrected chi connectivity index (χ1v) is 18.1. The Morgan fingerprint density at radius 1 is 0.577 bits per heavy atom. The zero-order valence-electron chi connectivity index (χ0n) is 27.9. The molecule has 5 aromatic carbocycles. The van der Waals surface area contributed by atoms with E-state index in [1.165, 1.54) is 42.4 Å². The summed E-state index contributed by atoms with van der Waals surface area (Å²) < 4.78 is 3.66. The number of thiophene rings is 1. The maximum absolute atomic E-state index is 5.08. The van der Waals surface area contributed by atoms with E-state index < -0.39 is 0 Å². The van der Waals surface area contributed by atoms with Crippen LogP contribution in [0.2, 0.25) is 0 Å². The van der Waals surface area contributed by atoms with Crippen LogP contribution in [-0.4, -0.2) is 31.0 Å². The molecule has 246 valence electrons. The van der Waals surface area contributed by atoms with E-state index in [0.717, 1.165) is 40.0 Å². The van der Waals surface area contributed by atoms with Crippen LogP contribution in [0.15, 0.2) is 164 Å². The molecular formula is C45H30N6S. The van der Waals surface area contributed by atoms with Crippen molar-refractivity contribution >= 4 is 48.8 Å². The molecule has 52 heavy (non-hydrogen) atoms. The molecule has 10 rings (SSSR count). The monoisotopic (exact) mass is 686 g/mol. The number of allylic oxidation sites excluding steroid dienone is 2. The summed E-state index contributed by atoms with van der Waals surface area (Å²) in [4.78, 5) is 20.6. The predicted octanol–water partition coefficient (Wildman–Crippen LogP) is 10.7. The van der Waals surface area contributed by atoms with Crippen molar-refractivity contribution in [2.75, 3.05) is 6.54 Å². The summed E-state index contributed by atoms with van der Waals surface area (Å²) in [5, 5.41) is 6.98. The van der Waals surface area contributed by atoms with Crippen molar-refractivity contribution in [1.29, 1.82) is 0 Å². The van der Waals surface area contributed by atoms with Gasteiger partial charge in [0.2, 0.25) is 0 Å². The van der Waals surface area contributed by atoms with Gasteiger partial charge >= 0.3 is 0 Å². The number of nitrogens with one attached hydrogen (secondary N) is 1. The van der Waals surface area contributed by atoms with Crippen molar-refractivity contribution < 1.29 is 0 Å². The van der Waals surface area contributed by atoms with Crippen molar-refractivity contribution in [2.24, 2.45) is 0 Å². The van der Waals surface area contributed by atoms with Gasteiger partial charge in [0.25, 0.3) is 0 Å². The molecule has 0 radical (unpaired) electrons. The molecule has 0 saturated carbocycles. The van der Waals surface area contributed by atoms with Crippen LogP contribution in [0.4, 0.5) is 0 Å². The summed E-state index contributed by atoms with van der Waals surface area (Å²) in [5.41, 5.74) is 9.67. The Bertz CT molecular complexity index is 2830. The second-order valence-corrected chi connectivity index (χ2v) is 13.8. The Kier molecular flexibility index (Phi) is 7.29. The summed E-state index contributed by atoms with van der Waals surface area (Å²) in [6.45, 7) is 0.820. The second kappa shape index (κ2) is 12.6. The average molecular weight is 687 g/mol. The highest BCUT2D eigenvalue weighted by atomic mass is 32.1. The molecule has 9 aromatic rings. The third kappa shape index (κ3) is 5.27. The summed E-state index contributed by atoms with van der Waals surface area (Å²) in [6, 6.07) is 47.0. The molecule has 0 bridgehead atoms. The lowest BCUT2D eigenvalue weighted by Crippen LogP contribution is -2.08. The summed E-state index contributed by atoms with van der Waals surface area (Å²) in [6.07, 6.45) is 9.80. The van der Waals surface area contributed by atoms with Gasteiger partial charge in [-0.2, -0.15) is 0 Å². The average Bonchev–Trinajstić information content (AvgIpc) is 3.82. The van der Waals surface area contributed by atoms with E-state index in [1.54, 1.807) is 12.4 Å². The highest BCUT2D eigenvalue weighted by Crippen LogP contribution is 2.43. The fourth-order valence-electron chi connectivity index (χ4n) is 7.10. The maximum atomic E-state index is 5.08. The fourth-order valence-corrected chi connectivity index (χ4v) is 8.32. The van der Waals surface area contributed by atoms with Gasteiger partial charge in [0.1, 0.15) is 0 Å². The number of para-hydroxylation sites is 1. The molecule has 5 heterocycles. The van der Waals surface area contributed by atoms with Gasteiger partial charge in [-0.05, 0) is 76.8 Å². The number of rotatable bonds is 6. The molecule has 1 aliphatic rings. The molecule has 0 amide bonds. The molecule has 0 saturated heterocycles. The number of hydrogen-bond acceptors (Lipinski definition) is 6. The Morgan fingerprint density at radius 3 is 2.08 bits per heavy atom. The van der Waals surface area contributed by atoms with Crippen molar-refractivity contribution in [3.05, 3.63) is 170 Å². The number of dihydropyridines is 1. The minimum atomic E-state index is 0.604. The Morgan fingerprint density at radius 2 is 1.29 bits per heavy atom. The number of aromatic nitrogens is 5. The van der Waals surface area contributed by atoms with Crippen LogP contribution in [0.5, 0.6) is 0 Å². The SMILES string of the molecule is C1=CC(c2ccc(-c3nc(-c4ccncc4)nc(-c4cccc(-n5c6ccccc6c6c7sc(-c8ccccc8)cc7ccc65)c4)n3)cc2)=CCN1. The fraction of sp³-hybridized carbons (Fsp3) is 0.0222. The highest BCUT2D eigenvalue weighted by molar-refractivity contribution is 7.23. The van der Waals surface area contributed by atoms with E-state index in [0.29, 0.717) is 17.5 Å². The first-order chi connectivity index (χ1) is 25.8. The van der Waals surface area contributed by atoms with Crippen molar-refractivity contribution in [1.82, 2.24) is 29.8 Å². The lowest BCUT2D eigenvalue weighted by atomic mass is 10.0. The highest BCUT2D eigenvalue weighted by Gasteiger charge is 2.18. The van der Waals surface area contributed by atoms with Crippen LogP contribution < -0.4 is 5.32 Å². The molecule has 4 aromatic heterocycles. The zero-order chi connectivity index (χ0) is 34.4. The van der Waals surface area contributed by atoms with E-state index in [4.69, 9.17) is 15.0 Å². The minimum absolute atomic E-state index is 0.604. The Balaban J connectivity index is 1.12. The first kappa shape index (κ1) is 30.2. The third-order valence-electron chi connectivity index (χ3n) is 9.61. The first-order valence-electron chi connectivity index (χ1n) is 17.3. The summed E-state index contributed by atoms with van der Waals surface area (Å²) in [5.74, 6) is 1.84. The molecule has 7 heteroatoms. The lowest BCUT2D eigenvalue weighted by molar-refractivity contribution is 0.976. The molecule has 0 fully saturated rings. The van der Waals surface area contributed by atoms with Gasteiger partial charge in [0, 0.05) is 61.7 Å². The summed E-state index contributed by atoms with van der Waals surface area (Å²) in [7, 11) is 0. The van der Waals surface area contributed by atoms with Crippen LogP contribution in [0.1, 0.15) is 5.56 Å². The molecule has 0 spiro atoms. The number of pyridine rings is 1. The lowest BCUT2D eigenvalue weighted by Gasteiger charge is -2.12. The largest absolute Gasteiger partial charge is 0.387 e. The quantitative estimate of drug-likeness (QED) is 0.189. The smallest absolute Gasteiger partial charge is 0.164 e. The van der Waals surface area contributed by atoms with Crippen LogP contribution in [0.3, 0.4) is 0 Å². The molecule has 1 aliphatic heterocycles. The topological polar surface area (TPSA) is 68.5 Å². The predicted molar refractivity (Wildman–Crippen MR) is 214 cm³/mol. The van der Waals surface area contributed by atoms with Gasteiger partial charge in [-0.3, -0.25) is 4.98 Å². The molecule has 0 unspecified atom stereocenters. The van der Waals surface area contributed by atoms with Crippen LogP contribution in [-0.2, 0) is 0 Å². The van der Waals surface area contributed by atoms with Gasteiger partial charge in [-0.25, -0.2) is 15.0 Å². The standard InChI is InChI=1S/C45H30N6S/c1-2-7-31(8-3-1)40-28-34-17-18-39-41(42(34)52-40)37-11-4-5-12-38(37)51(39)36-10-6-9-35(27-36)45-49-43(48-44(50-45)33-21-25-47-26-22-33)32-15-13-29(14-16-32)30-19-23-46-24-20-30/h1-23,25-28,46H,24H2. The molecule has 1 N–H and O–H groups in total. The molecule has 6 nitrogen and oxygen atoms in total. The normalized spacial score (nSPS) is 12.7. The van der Waals surface area contributed by atoms with Crippen LogP contribution in [0.25, 0.3) is 87.8 Å². The second-order valence-electron chi connectivity index (χ2n) is 12.8. The van der Waals surface area contributed by atoms with Crippen molar-refractivity contribution in [3.63, 3.8) is 0 Å². The van der Waals surface area contributed by atoms with E-state index in [2.05, 4.69) is 148 Å². The van der Waals surface area contributed by atoms with Gasteiger partial charge in [0.05, 0.1) is 11.0 Å². The van der Waals surface area contributed by atoms with E-state index in [9.17, 15) is 0 Å². The minimum Gasteiger partial charge on any atom is -0.387 e. The van der Waals surface area contributed by atoms with Crippen molar-refractivity contribution in [2.45, 2.75) is 0 Å². The van der Waals surface area contributed by atoms with Crippen LogP contribution in [0, 0.1) is 0 Å². The van der Waals surface area contributed by atoms with Gasteiger partial charge in [0.15, 0.2) is 17.5 Å². The number of benzene rings is 5. The number of nitrogens with zero attached hydrogens (tertiary/aromatic N) is 5. The third-order valence-corrected chi connectivity index (χ3v) is 10.8. The zero-order valence-corrected chi connectivity index (χ0v) is 28.8.